The van der Waals surface area contributed by atoms with Gasteiger partial charge in [0.05, 0.1) is 12.2 Å². The molecule has 0 bridgehead atoms. The van der Waals surface area contributed by atoms with Crippen LogP contribution in [0.1, 0.15) is 23.6 Å². The van der Waals surface area contributed by atoms with E-state index < -0.39 is 0 Å². The number of nitrogen functional groups attached to an aromatic ring is 1. The summed E-state index contributed by atoms with van der Waals surface area (Å²) >= 11 is 5.97. The molecule has 1 atom stereocenters. The third-order valence-corrected chi connectivity index (χ3v) is 5.61. The van der Waals surface area contributed by atoms with Gasteiger partial charge >= 0.3 is 0 Å². The molecular formula is C22H20ClN5O. The Morgan fingerprint density at radius 1 is 1.10 bits per heavy atom. The number of benzene rings is 1. The number of imidazole rings is 1. The van der Waals surface area contributed by atoms with Crippen molar-refractivity contribution in [2.75, 3.05) is 18.9 Å². The molecule has 29 heavy (non-hydrogen) atoms. The molecule has 4 heterocycles. The molecule has 0 aliphatic carbocycles. The van der Waals surface area contributed by atoms with Crippen LogP contribution < -0.4 is 5.73 Å². The zero-order valence-corrected chi connectivity index (χ0v) is 16.5. The minimum atomic E-state index is 0.313. The number of hydrogen-bond acceptors (Lipinski definition) is 5. The summed E-state index contributed by atoms with van der Waals surface area (Å²) in [6.07, 6.45) is 2.66. The Hall–Kier alpha value is -2.96. The molecule has 2 N–H and O–H groups in total. The molecule has 0 radical (unpaired) electrons. The van der Waals surface area contributed by atoms with Crippen LogP contribution in [0, 0.1) is 0 Å². The summed E-state index contributed by atoms with van der Waals surface area (Å²) in [5.41, 5.74) is 11.6. The fraction of sp³-hybridized carbons (Fsp3) is 0.227. The Bertz CT molecular complexity index is 1170. The molecule has 1 saturated heterocycles. The van der Waals surface area contributed by atoms with Crippen LogP contribution in [0.15, 0.2) is 54.7 Å². The molecule has 1 aliphatic rings. The van der Waals surface area contributed by atoms with E-state index in [2.05, 4.69) is 4.98 Å². The minimum Gasteiger partial charge on any atom is -0.383 e. The standard InChI is InChI=1S/C22H20ClN5O/c23-12-14-3-5-16(6-4-14)28-21(17-2-1-10-25-20(17)24)27-19-8-7-18(26-22(19)28)15-9-11-29-13-15/h1-8,10,15H,9,11-13H2,(H2,24,25). The first-order chi connectivity index (χ1) is 14.2. The number of rotatable bonds is 4. The summed E-state index contributed by atoms with van der Waals surface area (Å²) in [6.45, 7) is 1.49. The Labute approximate surface area is 173 Å². The van der Waals surface area contributed by atoms with Crippen molar-refractivity contribution in [2.45, 2.75) is 18.2 Å². The summed E-state index contributed by atoms with van der Waals surface area (Å²) in [4.78, 5) is 14.1. The van der Waals surface area contributed by atoms with Gasteiger partial charge in [0, 0.05) is 36.0 Å². The van der Waals surface area contributed by atoms with Gasteiger partial charge in [-0.2, -0.15) is 0 Å². The second-order valence-corrected chi connectivity index (χ2v) is 7.41. The Morgan fingerprint density at radius 3 is 2.69 bits per heavy atom. The molecule has 1 aromatic carbocycles. The Balaban J connectivity index is 1.75. The molecule has 1 aliphatic heterocycles. The molecule has 6 nitrogen and oxygen atoms in total. The van der Waals surface area contributed by atoms with E-state index in [0.717, 1.165) is 52.5 Å². The van der Waals surface area contributed by atoms with E-state index in [-0.39, 0.29) is 0 Å². The number of anilines is 1. The van der Waals surface area contributed by atoms with Gasteiger partial charge in [0.2, 0.25) is 0 Å². The number of alkyl halides is 1. The maximum Gasteiger partial charge on any atom is 0.165 e. The van der Waals surface area contributed by atoms with Gasteiger partial charge in [0.1, 0.15) is 11.3 Å². The Morgan fingerprint density at radius 2 is 1.97 bits per heavy atom. The molecule has 146 valence electrons. The van der Waals surface area contributed by atoms with Crippen LogP contribution in [-0.2, 0) is 10.6 Å². The Kier molecular flexibility index (Phi) is 4.66. The first kappa shape index (κ1) is 18.1. The third-order valence-electron chi connectivity index (χ3n) is 5.30. The lowest BCUT2D eigenvalue weighted by molar-refractivity contribution is 0.193. The third kappa shape index (κ3) is 3.24. The van der Waals surface area contributed by atoms with Crippen molar-refractivity contribution >= 4 is 28.6 Å². The van der Waals surface area contributed by atoms with E-state index in [1.807, 2.05) is 53.1 Å². The predicted octanol–water partition coefficient (Wildman–Crippen LogP) is 4.31. The largest absolute Gasteiger partial charge is 0.383 e. The lowest BCUT2D eigenvalue weighted by Crippen LogP contribution is -2.04. The molecule has 7 heteroatoms. The van der Waals surface area contributed by atoms with Gasteiger partial charge in [-0.1, -0.05) is 12.1 Å². The van der Waals surface area contributed by atoms with Gasteiger partial charge in [-0.25, -0.2) is 15.0 Å². The summed E-state index contributed by atoms with van der Waals surface area (Å²) in [5.74, 6) is 1.94. The van der Waals surface area contributed by atoms with Crippen LogP contribution in [0.25, 0.3) is 28.2 Å². The minimum absolute atomic E-state index is 0.313. The number of halogens is 1. The van der Waals surface area contributed by atoms with E-state index in [1.54, 1.807) is 6.20 Å². The van der Waals surface area contributed by atoms with E-state index >= 15 is 0 Å². The van der Waals surface area contributed by atoms with Crippen LogP contribution in [0.2, 0.25) is 0 Å². The second-order valence-electron chi connectivity index (χ2n) is 7.15. The summed E-state index contributed by atoms with van der Waals surface area (Å²) in [5, 5.41) is 0. The SMILES string of the molecule is Nc1ncccc1-c1nc2ccc(C3CCOC3)nc2n1-c1ccc(CCl)cc1. The summed E-state index contributed by atoms with van der Waals surface area (Å²) < 4.78 is 7.60. The summed E-state index contributed by atoms with van der Waals surface area (Å²) in [6, 6.07) is 15.9. The normalized spacial score (nSPS) is 16.5. The molecular weight excluding hydrogens is 386 g/mol. The van der Waals surface area contributed by atoms with E-state index in [9.17, 15) is 0 Å². The molecule has 0 saturated carbocycles. The van der Waals surface area contributed by atoms with E-state index in [0.29, 0.717) is 24.2 Å². The fourth-order valence-electron chi connectivity index (χ4n) is 3.73. The number of hydrogen-bond donors (Lipinski definition) is 1. The van der Waals surface area contributed by atoms with Gasteiger partial charge in [-0.15, -0.1) is 11.6 Å². The summed E-state index contributed by atoms with van der Waals surface area (Å²) in [7, 11) is 0. The molecule has 3 aromatic heterocycles. The first-order valence-corrected chi connectivity index (χ1v) is 10.1. The zero-order chi connectivity index (χ0) is 19.8. The van der Waals surface area contributed by atoms with Gasteiger partial charge in [-0.05, 0) is 48.4 Å². The smallest absolute Gasteiger partial charge is 0.165 e. The predicted molar refractivity (Wildman–Crippen MR) is 114 cm³/mol. The molecule has 1 fully saturated rings. The molecule has 1 unspecified atom stereocenters. The maximum atomic E-state index is 6.18. The number of nitrogens with two attached hydrogens (primary N) is 1. The highest BCUT2D eigenvalue weighted by Gasteiger charge is 2.22. The van der Waals surface area contributed by atoms with Crippen LogP contribution in [0.5, 0.6) is 0 Å². The van der Waals surface area contributed by atoms with Crippen molar-refractivity contribution in [3.05, 3.63) is 66.0 Å². The number of nitrogens with zero attached hydrogens (tertiary/aromatic N) is 4. The molecule has 4 aromatic rings. The quantitative estimate of drug-likeness (QED) is 0.512. The van der Waals surface area contributed by atoms with E-state index in [1.165, 1.54) is 0 Å². The number of pyridine rings is 2. The average Bonchev–Trinajstić information content (AvgIpc) is 3.42. The van der Waals surface area contributed by atoms with Crippen LogP contribution >= 0.6 is 11.6 Å². The lowest BCUT2D eigenvalue weighted by atomic mass is 10.0. The monoisotopic (exact) mass is 405 g/mol. The average molecular weight is 406 g/mol. The molecule has 0 amide bonds. The van der Waals surface area contributed by atoms with E-state index in [4.69, 9.17) is 32.0 Å². The van der Waals surface area contributed by atoms with Crippen molar-refractivity contribution in [3.8, 4) is 17.1 Å². The van der Waals surface area contributed by atoms with Crippen LogP contribution in [-0.4, -0.2) is 32.7 Å². The molecule has 0 spiro atoms. The molecule has 5 rings (SSSR count). The van der Waals surface area contributed by atoms with Gasteiger partial charge in [0.25, 0.3) is 0 Å². The van der Waals surface area contributed by atoms with Crippen molar-refractivity contribution in [1.29, 1.82) is 0 Å². The highest BCUT2D eigenvalue weighted by atomic mass is 35.5. The highest BCUT2D eigenvalue weighted by Crippen LogP contribution is 2.32. The van der Waals surface area contributed by atoms with Crippen LogP contribution in [0.4, 0.5) is 5.82 Å². The second kappa shape index (κ2) is 7.46. The van der Waals surface area contributed by atoms with Gasteiger partial charge in [-0.3, -0.25) is 4.57 Å². The zero-order valence-electron chi connectivity index (χ0n) is 15.8. The van der Waals surface area contributed by atoms with Gasteiger partial charge in [0.15, 0.2) is 11.5 Å². The first-order valence-electron chi connectivity index (χ1n) is 9.58. The van der Waals surface area contributed by atoms with Crippen LogP contribution in [0.3, 0.4) is 0 Å². The highest BCUT2D eigenvalue weighted by molar-refractivity contribution is 6.17. The fourth-order valence-corrected chi connectivity index (χ4v) is 3.91. The van der Waals surface area contributed by atoms with Crippen molar-refractivity contribution in [3.63, 3.8) is 0 Å². The lowest BCUT2D eigenvalue weighted by Gasteiger charge is -2.12. The van der Waals surface area contributed by atoms with Crippen molar-refractivity contribution in [2.24, 2.45) is 0 Å². The maximum absolute atomic E-state index is 6.18. The number of fused-ring (bicyclic) bond motifs is 1. The topological polar surface area (TPSA) is 78.8 Å². The number of ether oxygens (including phenoxy) is 1. The number of aromatic nitrogens is 4. The van der Waals surface area contributed by atoms with Gasteiger partial charge < -0.3 is 10.5 Å². The van der Waals surface area contributed by atoms with Crippen molar-refractivity contribution in [1.82, 2.24) is 19.5 Å². The van der Waals surface area contributed by atoms with Crippen molar-refractivity contribution < 1.29 is 4.74 Å².